The van der Waals surface area contributed by atoms with Crippen LogP contribution in [0.1, 0.15) is 63.5 Å². The molecular formula is C23H39NO3. The molecule has 0 radical (unpaired) electrons. The zero-order chi connectivity index (χ0) is 19.5. The van der Waals surface area contributed by atoms with Crippen LogP contribution in [-0.2, 0) is 15.9 Å². The standard InChI is InChI=1S/C23H39NO3/c1-5-7-8-13-23(26-17-18-27-23)14-9-15-24(6-2)16-12-21-19-22(25-4)11-10-20(21)3/h10-11,19H,5-9,12-18H2,1-4H3. The monoisotopic (exact) mass is 377 g/mol. The molecule has 1 aromatic carbocycles. The van der Waals surface area contributed by atoms with Gasteiger partial charge in [-0.15, -0.1) is 0 Å². The van der Waals surface area contributed by atoms with Gasteiger partial charge in [-0.2, -0.15) is 0 Å². The van der Waals surface area contributed by atoms with Crippen molar-refractivity contribution in [2.24, 2.45) is 0 Å². The van der Waals surface area contributed by atoms with Crippen molar-refractivity contribution in [2.45, 2.75) is 71.5 Å². The van der Waals surface area contributed by atoms with E-state index in [9.17, 15) is 0 Å². The molecule has 1 aliphatic rings. The van der Waals surface area contributed by atoms with Gasteiger partial charge in [-0.25, -0.2) is 0 Å². The van der Waals surface area contributed by atoms with E-state index in [-0.39, 0.29) is 5.79 Å². The second kappa shape index (κ2) is 11.7. The van der Waals surface area contributed by atoms with E-state index < -0.39 is 0 Å². The van der Waals surface area contributed by atoms with Crippen molar-refractivity contribution in [3.8, 4) is 5.75 Å². The van der Waals surface area contributed by atoms with Crippen LogP contribution in [0.4, 0.5) is 0 Å². The largest absolute Gasteiger partial charge is 0.497 e. The van der Waals surface area contributed by atoms with Crippen LogP contribution < -0.4 is 4.74 Å². The van der Waals surface area contributed by atoms with Gasteiger partial charge in [0.05, 0.1) is 20.3 Å². The molecule has 0 aromatic heterocycles. The number of aryl methyl sites for hydroxylation is 1. The maximum atomic E-state index is 6.02. The van der Waals surface area contributed by atoms with Gasteiger partial charge in [-0.05, 0) is 62.5 Å². The first-order valence-corrected chi connectivity index (χ1v) is 10.8. The quantitative estimate of drug-likeness (QED) is 0.454. The molecule has 0 spiro atoms. The molecule has 1 heterocycles. The molecule has 0 amide bonds. The second-order valence-electron chi connectivity index (χ2n) is 7.64. The Balaban J connectivity index is 1.79. The van der Waals surface area contributed by atoms with E-state index >= 15 is 0 Å². The summed E-state index contributed by atoms with van der Waals surface area (Å²) >= 11 is 0. The molecule has 0 unspecified atom stereocenters. The van der Waals surface area contributed by atoms with E-state index in [4.69, 9.17) is 14.2 Å². The first-order valence-electron chi connectivity index (χ1n) is 10.8. The zero-order valence-electron chi connectivity index (χ0n) is 17.9. The zero-order valence-corrected chi connectivity index (χ0v) is 17.9. The van der Waals surface area contributed by atoms with Crippen molar-refractivity contribution in [2.75, 3.05) is 40.0 Å². The molecule has 1 saturated heterocycles. The Morgan fingerprint density at radius 2 is 1.78 bits per heavy atom. The number of likely N-dealkylation sites (N-methyl/N-ethyl adjacent to an activating group) is 1. The van der Waals surface area contributed by atoms with Crippen molar-refractivity contribution >= 4 is 0 Å². The molecule has 1 aromatic rings. The molecule has 1 fully saturated rings. The fourth-order valence-corrected chi connectivity index (χ4v) is 3.88. The maximum absolute atomic E-state index is 6.02. The summed E-state index contributed by atoms with van der Waals surface area (Å²) in [6.07, 6.45) is 7.92. The molecule has 0 saturated carbocycles. The highest BCUT2D eigenvalue weighted by atomic mass is 16.7. The van der Waals surface area contributed by atoms with Gasteiger partial charge in [0.2, 0.25) is 0 Å². The summed E-state index contributed by atoms with van der Waals surface area (Å²) in [5.41, 5.74) is 2.72. The number of hydrogen-bond acceptors (Lipinski definition) is 4. The van der Waals surface area contributed by atoms with Crippen molar-refractivity contribution in [3.05, 3.63) is 29.3 Å². The normalized spacial score (nSPS) is 16.2. The highest BCUT2D eigenvalue weighted by Gasteiger charge is 2.35. The number of rotatable bonds is 13. The molecule has 154 valence electrons. The summed E-state index contributed by atoms with van der Waals surface area (Å²) in [6.45, 7) is 11.4. The Labute approximate surface area is 166 Å². The number of ether oxygens (including phenoxy) is 3. The minimum absolute atomic E-state index is 0.308. The van der Waals surface area contributed by atoms with Gasteiger partial charge in [0.15, 0.2) is 5.79 Å². The fraction of sp³-hybridized carbons (Fsp3) is 0.739. The van der Waals surface area contributed by atoms with Gasteiger partial charge >= 0.3 is 0 Å². The van der Waals surface area contributed by atoms with Gasteiger partial charge in [0, 0.05) is 19.4 Å². The van der Waals surface area contributed by atoms with Crippen molar-refractivity contribution in [3.63, 3.8) is 0 Å². The molecule has 1 aliphatic heterocycles. The summed E-state index contributed by atoms with van der Waals surface area (Å²) in [5, 5.41) is 0. The average Bonchev–Trinajstić information content (AvgIpc) is 3.14. The van der Waals surface area contributed by atoms with Crippen LogP contribution in [0.25, 0.3) is 0 Å². The lowest BCUT2D eigenvalue weighted by Gasteiger charge is -2.29. The van der Waals surface area contributed by atoms with Crippen LogP contribution in [0.3, 0.4) is 0 Å². The minimum Gasteiger partial charge on any atom is -0.497 e. The van der Waals surface area contributed by atoms with Crippen LogP contribution in [-0.4, -0.2) is 50.6 Å². The van der Waals surface area contributed by atoms with E-state index in [2.05, 4.69) is 37.8 Å². The Kier molecular flexibility index (Phi) is 9.60. The summed E-state index contributed by atoms with van der Waals surface area (Å²) < 4.78 is 17.4. The predicted molar refractivity (Wildman–Crippen MR) is 112 cm³/mol. The van der Waals surface area contributed by atoms with Gasteiger partial charge in [0.1, 0.15) is 5.75 Å². The molecule has 4 nitrogen and oxygen atoms in total. The van der Waals surface area contributed by atoms with Crippen molar-refractivity contribution in [1.82, 2.24) is 4.90 Å². The third-order valence-corrected chi connectivity index (χ3v) is 5.71. The molecule has 4 heteroatoms. The molecule has 27 heavy (non-hydrogen) atoms. The van der Waals surface area contributed by atoms with Crippen LogP contribution in [0.5, 0.6) is 5.75 Å². The Morgan fingerprint density at radius 1 is 1.04 bits per heavy atom. The highest BCUT2D eigenvalue weighted by Crippen LogP contribution is 2.31. The SMILES string of the molecule is CCCCCC1(CCCN(CC)CCc2cc(OC)ccc2C)OCCO1. The lowest BCUT2D eigenvalue weighted by Crippen LogP contribution is -2.33. The number of nitrogens with zero attached hydrogens (tertiary/aromatic N) is 1. The predicted octanol–water partition coefficient (Wildman–Crippen LogP) is 4.97. The van der Waals surface area contributed by atoms with E-state index in [0.717, 1.165) is 64.3 Å². The third kappa shape index (κ3) is 7.10. The molecular weight excluding hydrogens is 338 g/mol. The van der Waals surface area contributed by atoms with Crippen LogP contribution in [0.2, 0.25) is 0 Å². The Morgan fingerprint density at radius 3 is 2.44 bits per heavy atom. The highest BCUT2D eigenvalue weighted by molar-refractivity contribution is 5.35. The number of unbranched alkanes of at least 4 members (excludes halogenated alkanes) is 2. The Hall–Kier alpha value is -1.10. The van der Waals surface area contributed by atoms with Crippen LogP contribution >= 0.6 is 0 Å². The maximum Gasteiger partial charge on any atom is 0.168 e. The third-order valence-electron chi connectivity index (χ3n) is 5.71. The van der Waals surface area contributed by atoms with Crippen LogP contribution in [0, 0.1) is 6.92 Å². The first kappa shape index (κ1) is 22.2. The van der Waals surface area contributed by atoms with Crippen molar-refractivity contribution in [1.29, 1.82) is 0 Å². The lowest BCUT2D eigenvalue weighted by molar-refractivity contribution is -0.169. The summed E-state index contributed by atoms with van der Waals surface area (Å²) in [5.74, 6) is 0.640. The average molecular weight is 378 g/mol. The van der Waals surface area contributed by atoms with Crippen LogP contribution in [0.15, 0.2) is 18.2 Å². The molecule has 0 bridgehead atoms. The fourth-order valence-electron chi connectivity index (χ4n) is 3.88. The van der Waals surface area contributed by atoms with E-state index in [1.807, 2.05) is 6.07 Å². The molecule has 0 atom stereocenters. The van der Waals surface area contributed by atoms with Crippen molar-refractivity contribution < 1.29 is 14.2 Å². The Bertz CT molecular complexity index is 540. The molecule has 0 N–H and O–H groups in total. The van der Waals surface area contributed by atoms with E-state index in [1.54, 1.807) is 7.11 Å². The van der Waals surface area contributed by atoms with Gasteiger partial charge < -0.3 is 19.1 Å². The topological polar surface area (TPSA) is 30.9 Å². The molecule has 2 rings (SSSR count). The smallest absolute Gasteiger partial charge is 0.168 e. The second-order valence-corrected chi connectivity index (χ2v) is 7.64. The summed E-state index contributed by atoms with van der Waals surface area (Å²) in [6, 6.07) is 6.36. The minimum atomic E-state index is -0.308. The molecule has 0 aliphatic carbocycles. The number of methoxy groups -OCH3 is 1. The first-order chi connectivity index (χ1) is 13.1. The lowest BCUT2D eigenvalue weighted by atomic mass is 10.0. The number of hydrogen-bond donors (Lipinski definition) is 0. The number of benzene rings is 1. The van der Waals surface area contributed by atoms with Gasteiger partial charge in [0.25, 0.3) is 0 Å². The van der Waals surface area contributed by atoms with Gasteiger partial charge in [-0.1, -0.05) is 32.8 Å². The van der Waals surface area contributed by atoms with Gasteiger partial charge in [-0.3, -0.25) is 0 Å². The van der Waals surface area contributed by atoms with E-state index in [1.165, 1.54) is 30.4 Å². The summed E-state index contributed by atoms with van der Waals surface area (Å²) in [4.78, 5) is 2.54. The van der Waals surface area contributed by atoms with E-state index in [0.29, 0.717) is 0 Å². The summed E-state index contributed by atoms with van der Waals surface area (Å²) in [7, 11) is 1.73.